The first kappa shape index (κ1) is 11.6. The summed E-state index contributed by atoms with van der Waals surface area (Å²) < 4.78 is 5.13. The van der Waals surface area contributed by atoms with Crippen molar-refractivity contribution in [2.45, 2.75) is 46.6 Å². The maximum absolute atomic E-state index is 11.3. The van der Waals surface area contributed by atoms with Gasteiger partial charge in [-0.3, -0.25) is 4.79 Å². The predicted octanol–water partition coefficient (Wildman–Crippen LogP) is 2.42. The van der Waals surface area contributed by atoms with Crippen molar-refractivity contribution in [3.63, 3.8) is 0 Å². The van der Waals surface area contributed by atoms with Gasteiger partial charge in [0, 0.05) is 13.5 Å². The number of hydrogen-bond donors (Lipinski definition) is 0. The molecule has 0 aromatic heterocycles. The summed E-state index contributed by atoms with van der Waals surface area (Å²) in [6.45, 7) is 8.21. The van der Waals surface area contributed by atoms with E-state index < -0.39 is 0 Å². The molecular formula is C10H20O2. The van der Waals surface area contributed by atoms with Crippen LogP contribution >= 0.6 is 0 Å². The number of carbonyl (C=O) groups excluding carboxylic acids is 1. The van der Waals surface area contributed by atoms with Crippen molar-refractivity contribution >= 4 is 5.78 Å². The SMILES string of the molecule is CCC(=O)C(CC(C)(C)C)OC. The summed E-state index contributed by atoms with van der Waals surface area (Å²) in [7, 11) is 1.60. The largest absolute Gasteiger partial charge is 0.374 e. The fraction of sp³-hybridized carbons (Fsp3) is 0.900. The highest BCUT2D eigenvalue weighted by Crippen LogP contribution is 2.22. The van der Waals surface area contributed by atoms with Crippen LogP contribution in [0.4, 0.5) is 0 Å². The van der Waals surface area contributed by atoms with Gasteiger partial charge in [-0.2, -0.15) is 0 Å². The second kappa shape index (κ2) is 4.61. The number of Topliss-reactive ketones (excluding diaryl/α,β-unsaturated/α-hetero) is 1. The topological polar surface area (TPSA) is 26.3 Å². The first-order valence-electron chi connectivity index (χ1n) is 4.46. The number of methoxy groups -OCH3 is 1. The van der Waals surface area contributed by atoms with Crippen LogP contribution in [0.15, 0.2) is 0 Å². The summed E-state index contributed by atoms with van der Waals surface area (Å²) in [5.74, 6) is 0.201. The number of ketones is 1. The Hall–Kier alpha value is -0.370. The molecule has 0 rings (SSSR count). The van der Waals surface area contributed by atoms with E-state index in [1.165, 1.54) is 0 Å². The standard InChI is InChI=1S/C10H20O2/c1-6-8(11)9(12-5)7-10(2,3)4/h9H,6-7H2,1-5H3. The number of carbonyl (C=O) groups is 1. The van der Waals surface area contributed by atoms with Gasteiger partial charge in [0.15, 0.2) is 5.78 Å². The Balaban J connectivity index is 4.09. The zero-order valence-corrected chi connectivity index (χ0v) is 8.81. The van der Waals surface area contributed by atoms with Crippen LogP contribution in [0.25, 0.3) is 0 Å². The molecule has 0 saturated heterocycles. The fourth-order valence-corrected chi connectivity index (χ4v) is 1.11. The molecule has 72 valence electrons. The second-order valence-electron chi connectivity index (χ2n) is 4.31. The molecule has 0 amide bonds. The molecule has 0 fully saturated rings. The van der Waals surface area contributed by atoms with Crippen LogP contribution in [-0.2, 0) is 9.53 Å². The van der Waals surface area contributed by atoms with Crippen LogP contribution in [0.2, 0.25) is 0 Å². The highest BCUT2D eigenvalue weighted by molar-refractivity contribution is 5.82. The lowest BCUT2D eigenvalue weighted by Gasteiger charge is -2.23. The Labute approximate surface area is 75.3 Å². The van der Waals surface area contributed by atoms with Crippen LogP contribution < -0.4 is 0 Å². The van der Waals surface area contributed by atoms with Crippen LogP contribution in [0, 0.1) is 5.41 Å². The minimum atomic E-state index is -0.213. The van der Waals surface area contributed by atoms with Gasteiger partial charge < -0.3 is 4.74 Å². The summed E-state index contributed by atoms with van der Waals surface area (Å²) in [6, 6.07) is 0. The Morgan fingerprint density at radius 3 is 2.17 bits per heavy atom. The molecular weight excluding hydrogens is 152 g/mol. The van der Waals surface area contributed by atoms with E-state index in [1.54, 1.807) is 7.11 Å². The third-order valence-electron chi connectivity index (χ3n) is 1.79. The van der Waals surface area contributed by atoms with Crippen molar-refractivity contribution in [2.24, 2.45) is 5.41 Å². The second-order valence-corrected chi connectivity index (χ2v) is 4.31. The number of ether oxygens (including phenoxy) is 1. The lowest BCUT2D eigenvalue weighted by Crippen LogP contribution is -2.27. The molecule has 1 atom stereocenters. The molecule has 0 aromatic rings. The lowest BCUT2D eigenvalue weighted by atomic mass is 9.87. The minimum absolute atomic E-state index is 0.158. The molecule has 2 nitrogen and oxygen atoms in total. The van der Waals surface area contributed by atoms with Gasteiger partial charge in [0.2, 0.25) is 0 Å². The Kier molecular flexibility index (Phi) is 4.46. The van der Waals surface area contributed by atoms with Crippen molar-refractivity contribution < 1.29 is 9.53 Å². The zero-order valence-electron chi connectivity index (χ0n) is 8.81. The van der Waals surface area contributed by atoms with Gasteiger partial charge in [0.1, 0.15) is 6.10 Å². The van der Waals surface area contributed by atoms with Crippen molar-refractivity contribution in [3.8, 4) is 0 Å². The van der Waals surface area contributed by atoms with E-state index in [-0.39, 0.29) is 17.3 Å². The third-order valence-corrected chi connectivity index (χ3v) is 1.79. The van der Waals surface area contributed by atoms with Gasteiger partial charge in [-0.25, -0.2) is 0 Å². The molecule has 1 unspecified atom stereocenters. The average molecular weight is 172 g/mol. The smallest absolute Gasteiger partial charge is 0.161 e. The van der Waals surface area contributed by atoms with Crippen molar-refractivity contribution in [3.05, 3.63) is 0 Å². The van der Waals surface area contributed by atoms with Gasteiger partial charge in [-0.1, -0.05) is 27.7 Å². The van der Waals surface area contributed by atoms with E-state index in [0.29, 0.717) is 6.42 Å². The molecule has 0 bridgehead atoms. The number of hydrogen-bond acceptors (Lipinski definition) is 2. The maximum Gasteiger partial charge on any atom is 0.161 e. The van der Waals surface area contributed by atoms with E-state index in [9.17, 15) is 4.79 Å². The van der Waals surface area contributed by atoms with Gasteiger partial charge in [-0.15, -0.1) is 0 Å². The molecule has 0 N–H and O–H groups in total. The van der Waals surface area contributed by atoms with E-state index in [4.69, 9.17) is 4.74 Å². The lowest BCUT2D eigenvalue weighted by molar-refractivity contribution is -0.130. The summed E-state index contributed by atoms with van der Waals surface area (Å²) in [4.78, 5) is 11.3. The summed E-state index contributed by atoms with van der Waals surface area (Å²) in [5, 5.41) is 0. The first-order chi connectivity index (χ1) is 5.40. The molecule has 0 spiro atoms. The van der Waals surface area contributed by atoms with Crippen molar-refractivity contribution in [1.82, 2.24) is 0 Å². The monoisotopic (exact) mass is 172 g/mol. The maximum atomic E-state index is 11.3. The van der Waals surface area contributed by atoms with Gasteiger partial charge in [0.25, 0.3) is 0 Å². The number of rotatable bonds is 4. The van der Waals surface area contributed by atoms with Gasteiger partial charge in [-0.05, 0) is 11.8 Å². The predicted molar refractivity (Wildman–Crippen MR) is 50.2 cm³/mol. The summed E-state index contributed by atoms with van der Waals surface area (Å²) in [5.41, 5.74) is 0.158. The summed E-state index contributed by atoms with van der Waals surface area (Å²) in [6.07, 6.45) is 1.15. The first-order valence-corrected chi connectivity index (χ1v) is 4.46. The molecule has 0 radical (unpaired) electrons. The highest BCUT2D eigenvalue weighted by Gasteiger charge is 2.22. The van der Waals surface area contributed by atoms with E-state index in [2.05, 4.69) is 20.8 Å². The van der Waals surface area contributed by atoms with E-state index >= 15 is 0 Å². The Morgan fingerprint density at radius 2 is 1.92 bits per heavy atom. The fourth-order valence-electron chi connectivity index (χ4n) is 1.11. The zero-order chi connectivity index (χ0) is 9.78. The van der Waals surface area contributed by atoms with E-state index in [0.717, 1.165) is 6.42 Å². The molecule has 0 aliphatic heterocycles. The Morgan fingerprint density at radius 1 is 1.42 bits per heavy atom. The van der Waals surface area contributed by atoms with Crippen molar-refractivity contribution in [2.75, 3.05) is 7.11 Å². The Bertz CT molecular complexity index is 144. The molecule has 2 heteroatoms. The average Bonchev–Trinajstić information content (AvgIpc) is 1.97. The van der Waals surface area contributed by atoms with Gasteiger partial charge >= 0.3 is 0 Å². The van der Waals surface area contributed by atoms with Gasteiger partial charge in [0.05, 0.1) is 0 Å². The van der Waals surface area contributed by atoms with E-state index in [1.807, 2.05) is 6.92 Å². The van der Waals surface area contributed by atoms with Crippen LogP contribution in [0.5, 0.6) is 0 Å². The summed E-state index contributed by atoms with van der Waals surface area (Å²) >= 11 is 0. The normalized spacial score (nSPS) is 14.4. The molecule has 0 aliphatic rings. The quantitative estimate of drug-likeness (QED) is 0.651. The van der Waals surface area contributed by atoms with Crippen LogP contribution in [0.1, 0.15) is 40.5 Å². The molecule has 12 heavy (non-hydrogen) atoms. The molecule has 0 heterocycles. The van der Waals surface area contributed by atoms with Crippen LogP contribution in [0.3, 0.4) is 0 Å². The highest BCUT2D eigenvalue weighted by atomic mass is 16.5. The third kappa shape index (κ3) is 4.50. The molecule has 0 aliphatic carbocycles. The molecule has 0 aromatic carbocycles. The molecule has 0 saturated carbocycles. The van der Waals surface area contributed by atoms with Crippen molar-refractivity contribution in [1.29, 1.82) is 0 Å². The minimum Gasteiger partial charge on any atom is -0.374 e. The van der Waals surface area contributed by atoms with Crippen LogP contribution in [-0.4, -0.2) is 19.0 Å².